The Morgan fingerprint density at radius 3 is 1.50 bits per heavy atom. The molecule has 1 radical (unpaired) electrons. The lowest BCUT2D eigenvalue weighted by Gasteiger charge is -2.10. The van der Waals surface area contributed by atoms with Gasteiger partial charge in [0.25, 0.3) is 0 Å². The zero-order chi connectivity index (χ0) is 16.2. The van der Waals surface area contributed by atoms with E-state index in [0.29, 0.717) is 0 Å². The molecule has 0 spiro atoms. The second-order valence-corrected chi connectivity index (χ2v) is 5.65. The molecule has 1 heteroatoms. The molecule has 1 nitrogen and oxygen atoms in total. The number of pyridine rings is 1. The van der Waals surface area contributed by atoms with Crippen molar-refractivity contribution in [1.29, 1.82) is 0 Å². The standard InChI is InChI=1S/C23H16N/c1-4-10-18(11-5-1)21-16-22(19-12-6-2-7-13-19)24-23(17-21)20-14-8-3-9-15-20/h2-17H. The van der Waals surface area contributed by atoms with E-state index in [9.17, 15) is 0 Å². The van der Waals surface area contributed by atoms with Crippen molar-refractivity contribution in [2.24, 2.45) is 0 Å². The number of rotatable bonds is 3. The summed E-state index contributed by atoms with van der Waals surface area (Å²) in [6, 6.07) is 36.1. The van der Waals surface area contributed by atoms with Crippen LogP contribution in [0.2, 0.25) is 0 Å². The Balaban J connectivity index is 1.92. The van der Waals surface area contributed by atoms with Gasteiger partial charge in [0, 0.05) is 11.1 Å². The van der Waals surface area contributed by atoms with Gasteiger partial charge in [-0.15, -0.1) is 0 Å². The molecule has 3 aromatic carbocycles. The largest absolute Gasteiger partial charge is 0.248 e. The van der Waals surface area contributed by atoms with Crippen molar-refractivity contribution < 1.29 is 0 Å². The van der Waals surface area contributed by atoms with E-state index in [0.717, 1.165) is 28.1 Å². The maximum atomic E-state index is 4.89. The number of benzene rings is 3. The Bertz CT molecular complexity index is 790. The maximum absolute atomic E-state index is 4.89. The summed E-state index contributed by atoms with van der Waals surface area (Å²) in [5.74, 6) is 0. The minimum atomic E-state index is 0.986. The SMILES string of the molecule is [c]1ccc(-c2cc(-c3ccccc3)nc(-c3ccccc3)c2)cc1. The van der Waals surface area contributed by atoms with Crippen molar-refractivity contribution in [3.05, 3.63) is 103 Å². The first-order chi connectivity index (χ1) is 11.9. The molecule has 0 atom stereocenters. The van der Waals surface area contributed by atoms with Gasteiger partial charge in [0.2, 0.25) is 0 Å². The average Bonchev–Trinajstić information content (AvgIpc) is 2.70. The summed E-state index contributed by atoms with van der Waals surface area (Å²) in [5, 5.41) is 0. The third-order valence-electron chi connectivity index (χ3n) is 4.02. The molecule has 4 aromatic rings. The molecule has 24 heavy (non-hydrogen) atoms. The Morgan fingerprint density at radius 1 is 0.500 bits per heavy atom. The fourth-order valence-corrected chi connectivity index (χ4v) is 2.79. The van der Waals surface area contributed by atoms with Gasteiger partial charge in [-0.25, -0.2) is 4.98 Å². The molecule has 0 aliphatic rings. The Labute approximate surface area is 142 Å². The molecule has 0 aliphatic carbocycles. The second kappa shape index (κ2) is 6.51. The predicted octanol–water partition coefficient (Wildman–Crippen LogP) is 5.88. The van der Waals surface area contributed by atoms with Crippen molar-refractivity contribution in [2.75, 3.05) is 0 Å². The van der Waals surface area contributed by atoms with Crippen LogP contribution in [-0.4, -0.2) is 4.98 Å². The maximum Gasteiger partial charge on any atom is 0.0715 e. The molecule has 0 N–H and O–H groups in total. The normalized spacial score (nSPS) is 10.5. The molecule has 0 fully saturated rings. The first-order valence-corrected chi connectivity index (χ1v) is 7.99. The third-order valence-corrected chi connectivity index (χ3v) is 4.02. The molecule has 0 saturated carbocycles. The molecule has 0 unspecified atom stereocenters. The zero-order valence-corrected chi connectivity index (χ0v) is 13.2. The van der Waals surface area contributed by atoms with E-state index in [-0.39, 0.29) is 0 Å². The van der Waals surface area contributed by atoms with Crippen LogP contribution in [0, 0.1) is 6.07 Å². The van der Waals surface area contributed by atoms with Crippen LogP contribution in [0.15, 0.2) is 97.1 Å². The van der Waals surface area contributed by atoms with Crippen LogP contribution in [0.3, 0.4) is 0 Å². The molecule has 1 aromatic heterocycles. The van der Waals surface area contributed by atoms with E-state index in [4.69, 9.17) is 4.98 Å². The topological polar surface area (TPSA) is 12.9 Å². The molecule has 0 bridgehead atoms. The number of nitrogens with zero attached hydrogens (tertiary/aromatic N) is 1. The average molecular weight is 306 g/mol. The van der Waals surface area contributed by atoms with Crippen molar-refractivity contribution in [3.8, 4) is 33.6 Å². The van der Waals surface area contributed by atoms with Crippen molar-refractivity contribution >= 4 is 0 Å². The lowest BCUT2D eigenvalue weighted by molar-refractivity contribution is 1.32. The Hall–Kier alpha value is -3.19. The van der Waals surface area contributed by atoms with Crippen molar-refractivity contribution in [2.45, 2.75) is 0 Å². The van der Waals surface area contributed by atoms with Crippen LogP contribution in [0.4, 0.5) is 0 Å². The minimum absolute atomic E-state index is 0.986. The van der Waals surface area contributed by atoms with Gasteiger partial charge >= 0.3 is 0 Å². The summed E-state index contributed by atoms with van der Waals surface area (Å²) in [5.41, 5.74) is 6.56. The first kappa shape index (κ1) is 14.4. The second-order valence-electron chi connectivity index (χ2n) is 5.65. The number of hydrogen-bond acceptors (Lipinski definition) is 1. The summed E-state index contributed by atoms with van der Waals surface area (Å²) < 4.78 is 0. The van der Waals surface area contributed by atoms with E-state index < -0.39 is 0 Å². The fraction of sp³-hybridized carbons (Fsp3) is 0. The van der Waals surface area contributed by atoms with Gasteiger partial charge in [-0.2, -0.15) is 0 Å². The molecule has 113 valence electrons. The number of hydrogen-bond donors (Lipinski definition) is 0. The van der Waals surface area contributed by atoms with E-state index in [1.807, 2.05) is 48.5 Å². The quantitative estimate of drug-likeness (QED) is 0.460. The van der Waals surface area contributed by atoms with Gasteiger partial charge in [-0.1, -0.05) is 84.9 Å². The van der Waals surface area contributed by atoms with E-state index in [2.05, 4.69) is 54.6 Å². The molecule has 0 aliphatic heterocycles. The van der Waals surface area contributed by atoms with Gasteiger partial charge in [0.05, 0.1) is 11.4 Å². The van der Waals surface area contributed by atoms with E-state index >= 15 is 0 Å². The summed E-state index contributed by atoms with van der Waals surface area (Å²) in [6.07, 6.45) is 0. The summed E-state index contributed by atoms with van der Waals surface area (Å²) >= 11 is 0. The third kappa shape index (κ3) is 2.97. The highest BCUT2D eigenvalue weighted by atomic mass is 14.7. The highest BCUT2D eigenvalue weighted by Gasteiger charge is 2.08. The molecule has 4 rings (SSSR count). The first-order valence-electron chi connectivity index (χ1n) is 7.99. The van der Waals surface area contributed by atoms with E-state index in [1.165, 1.54) is 5.56 Å². The Kier molecular flexibility index (Phi) is 3.91. The van der Waals surface area contributed by atoms with Crippen LogP contribution in [-0.2, 0) is 0 Å². The van der Waals surface area contributed by atoms with Crippen LogP contribution in [0.25, 0.3) is 33.6 Å². The zero-order valence-electron chi connectivity index (χ0n) is 13.2. The molecular weight excluding hydrogens is 290 g/mol. The lowest BCUT2D eigenvalue weighted by Crippen LogP contribution is -1.90. The Morgan fingerprint density at radius 2 is 1.00 bits per heavy atom. The molecular formula is C23H16N. The van der Waals surface area contributed by atoms with Gasteiger partial charge in [-0.05, 0) is 29.3 Å². The minimum Gasteiger partial charge on any atom is -0.248 e. The lowest BCUT2D eigenvalue weighted by atomic mass is 10.00. The van der Waals surface area contributed by atoms with Crippen molar-refractivity contribution in [1.82, 2.24) is 4.98 Å². The fourth-order valence-electron chi connectivity index (χ4n) is 2.79. The summed E-state index contributed by atoms with van der Waals surface area (Å²) in [6.45, 7) is 0. The smallest absolute Gasteiger partial charge is 0.0715 e. The summed E-state index contributed by atoms with van der Waals surface area (Å²) in [4.78, 5) is 4.89. The van der Waals surface area contributed by atoms with Crippen LogP contribution >= 0.6 is 0 Å². The van der Waals surface area contributed by atoms with Gasteiger partial charge in [-0.3, -0.25) is 0 Å². The highest BCUT2D eigenvalue weighted by Crippen LogP contribution is 2.29. The van der Waals surface area contributed by atoms with Crippen LogP contribution in [0.5, 0.6) is 0 Å². The molecule has 0 amide bonds. The van der Waals surface area contributed by atoms with Gasteiger partial charge < -0.3 is 0 Å². The molecule has 0 saturated heterocycles. The van der Waals surface area contributed by atoms with E-state index in [1.54, 1.807) is 0 Å². The highest BCUT2D eigenvalue weighted by molar-refractivity contribution is 5.76. The van der Waals surface area contributed by atoms with Gasteiger partial charge in [0.1, 0.15) is 0 Å². The molecule has 1 heterocycles. The van der Waals surface area contributed by atoms with Crippen molar-refractivity contribution in [3.63, 3.8) is 0 Å². The monoisotopic (exact) mass is 306 g/mol. The predicted molar refractivity (Wildman–Crippen MR) is 99.4 cm³/mol. The summed E-state index contributed by atoms with van der Waals surface area (Å²) in [7, 11) is 0. The van der Waals surface area contributed by atoms with Crippen LogP contribution < -0.4 is 0 Å². The number of aromatic nitrogens is 1. The van der Waals surface area contributed by atoms with Gasteiger partial charge in [0.15, 0.2) is 0 Å². The van der Waals surface area contributed by atoms with Crippen LogP contribution in [0.1, 0.15) is 0 Å².